The third-order valence-electron chi connectivity index (χ3n) is 5.75. The van der Waals surface area contributed by atoms with Gasteiger partial charge in [-0.15, -0.1) is 11.8 Å². The first-order chi connectivity index (χ1) is 15.1. The number of fused-ring (bicyclic) bond motifs is 1. The minimum Gasteiger partial charge on any atom is -0.494 e. The van der Waals surface area contributed by atoms with Crippen LogP contribution in [0.5, 0.6) is 5.75 Å². The van der Waals surface area contributed by atoms with Gasteiger partial charge in [-0.3, -0.25) is 9.78 Å². The fourth-order valence-corrected chi connectivity index (χ4v) is 4.56. The van der Waals surface area contributed by atoms with Gasteiger partial charge < -0.3 is 15.0 Å². The summed E-state index contributed by atoms with van der Waals surface area (Å²) in [5.74, 6) is 1.83. The van der Waals surface area contributed by atoms with Crippen LogP contribution in [-0.2, 0) is 0 Å². The van der Waals surface area contributed by atoms with Crippen molar-refractivity contribution >= 4 is 28.7 Å². The van der Waals surface area contributed by atoms with E-state index in [4.69, 9.17) is 9.72 Å². The van der Waals surface area contributed by atoms with Crippen LogP contribution in [0.3, 0.4) is 0 Å². The molecule has 1 aliphatic rings. The summed E-state index contributed by atoms with van der Waals surface area (Å²) in [5, 5.41) is 3.97. The van der Waals surface area contributed by atoms with Crippen molar-refractivity contribution in [3.8, 4) is 17.3 Å². The molecule has 4 rings (SSSR count). The number of rotatable bonds is 7. The van der Waals surface area contributed by atoms with Gasteiger partial charge in [-0.25, -0.2) is 4.98 Å². The number of aryl methyl sites for hydroxylation is 1. The molecule has 0 saturated carbocycles. The van der Waals surface area contributed by atoms with Crippen molar-refractivity contribution < 1.29 is 4.74 Å². The number of aromatic amines is 1. The summed E-state index contributed by atoms with van der Waals surface area (Å²) in [6, 6.07) is 5.64. The number of nitrogens with zero attached hydrogens (tertiary/aromatic N) is 2. The Kier molecular flexibility index (Phi) is 6.73. The fraction of sp³-hybridized carbons (Fsp3) is 0.375. The van der Waals surface area contributed by atoms with Gasteiger partial charge in [-0.05, 0) is 80.8 Å². The maximum absolute atomic E-state index is 12.9. The molecule has 0 radical (unpaired) electrons. The third kappa shape index (κ3) is 4.83. The second-order valence-electron chi connectivity index (χ2n) is 7.92. The average Bonchev–Trinajstić information content (AvgIpc) is 2.80. The second-order valence-corrected chi connectivity index (χ2v) is 8.76. The summed E-state index contributed by atoms with van der Waals surface area (Å²) in [6.45, 7) is 8.65. The highest BCUT2D eigenvalue weighted by molar-refractivity contribution is 7.98. The highest BCUT2D eigenvalue weighted by Crippen LogP contribution is 2.26. The number of H-pyrrole nitrogens is 1. The second kappa shape index (κ2) is 9.66. The van der Waals surface area contributed by atoms with Crippen LogP contribution in [0.15, 0.2) is 40.7 Å². The fourth-order valence-electron chi connectivity index (χ4n) is 4.02. The Morgan fingerprint density at radius 3 is 2.97 bits per heavy atom. The number of hydrogen-bond acceptors (Lipinski definition) is 6. The number of piperidine rings is 1. The van der Waals surface area contributed by atoms with E-state index in [-0.39, 0.29) is 5.56 Å². The van der Waals surface area contributed by atoms with Gasteiger partial charge in [0.05, 0.1) is 17.5 Å². The van der Waals surface area contributed by atoms with E-state index in [1.54, 1.807) is 30.1 Å². The van der Waals surface area contributed by atoms with E-state index >= 15 is 0 Å². The van der Waals surface area contributed by atoms with Crippen LogP contribution in [0.1, 0.15) is 30.4 Å². The summed E-state index contributed by atoms with van der Waals surface area (Å²) in [7, 11) is 0. The number of aromatic nitrogens is 3. The van der Waals surface area contributed by atoms with Gasteiger partial charge in [-0.2, -0.15) is 0 Å². The molecule has 3 heterocycles. The Morgan fingerprint density at radius 2 is 2.23 bits per heavy atom. The molecule has 1 unspecified atom stereocenters. The van der Waals surface area contributed by atoms with E-state index in [1.807, 2.05) is 25.3 Å². The number of pyridine rings is 1. The quantitative estimate of drug-likeness (QED) is 0.534. The predicted molar refractivity (Wildman–Crippen MR) is 128 cm³/mol. The molecular formula is C24H28N4O2S. The molecular weight excluding hydrogens is 408 g/mol. The topological polar surface area (TPSA) is 79.9 Å². The molecule has 6 nitrogen and oxygen atoms in total. The number of nitrogens with one attached hydrogen (secondary N) is 2. The highest BCUT2D eigenvalue weighted by Gasteiger charge is 2.15. The average molecular weight is 437 g/mol. The zero-order chi connectivity index (χ0) is 21.8. The van der Waals surface area contributed by atoms with Crippen molar-refractivity contribution in [2.75, 3.05) is 26.0 Å². The van der Waals surface area contributed by atoms with Gasteiger partial charge in [0.2, 0.25) is 0 Å². The largest absolute Gasteiger partial charge is 0.494 e. The summed E-state index contributed by atoms with van der Waals surface area (Å²) in [5.41, 5.74) is 2.96. The van der Waals surface area contributed by atoms with E-state index in [0.717, 1.165) is 35.5 Å². The number of thioether (sulfide) groups is 1. The molecule has 162 valence electrons. The van der Waals surface area contributed by atoms with Gasteiger partial charge in [0.1, 0.15) is 11.4 Å². The zero-order valence-corrected chi connectivity index (χ0v) is 18.8. The van der Waals surface area contributed by atoms with Crippen molar-refractivity contribution in [3.63, 3.8) is 0 Å². The molecule has 1 aromatic carbocycles. The van der Waals surface area contributed by atoms with Crippen molar-refractivity contribution in [3.05, 3.63) is 52.5 Å². The van der Waals surface area contributed by atoms with Crippen LogP contribution in [0.2, 0.25) is 0 Å². The summed E-state index contributed by atoms with van der Waals surface area (Å²) in [4.78, 5) is 26.0. The minimum absolute atomic E-state index is 0.194. The normalized spacial score (nSPS) is 16.4. The first kappa shape index (κ1) is 21.6. The van der Waals surface area contributed by atoms with Crippen molar-refractivity contribution in [1.29, 1.82) is 0 Å². The van der Waals surface area contributed by atoms with E-state index < -0.39 is 0 Å². The lowest BCUT2D eigenvalue weighted by Gasteiger charge is -2.22. The molecule has 3 aromatic rings. The Bertz CT molecular complexity index is 1150. The van der Waals surface area contributed by atoms with Gasteiger partial charge >= 0.3 is 0 Å². The summed E-state index contributed by atoms with van der Waals surface area (Å²) >= 11 is 1.61. The van der Waals surface area contributed by atoms with Crippen LogP contribution < -0.4 is 15.6 Å². The van der Waals surface area contributed by atoms with Gasteiger partial charge in [-0.1, -0.05) is 12.7 Å². The molecule has 0 bridgehead atoms. The Labute approximate surface area is 186 Å². The molecule has 1 aliphatic heterocycles. The maximum atomic E-state index is 12.9. The Balaban J connectivity index is 1.59. The van der Waals surface area contributed by atoms with Crippen LogP contribution in [0.4, 0.5) is 0 Å². The number of benzene rings is 1. The van der Waals surface area contributed by atoms with Crippen molar-refractivity contribution in [1.82, 2.24) is 20.3 Å². The van der Waals surface area contributed by atoms with Crippen LogP contribution in [0.25, 0.3) is 28.5 Å². The lowest BCUT2D eigenvalue weighted by molar-refractivity contribution is 0.254. The van der Waals surface area contributed by atoms with E-state index in [1.165, 1.54) is 12.8 Å². The highest BCUT2D eigenvalue weighted by atomic mass is 32.2. The van der Waals surface area contributed by atoms with E-state index in [0.29, 0.717) is 40.7 Å². The Morgan fingerprint density at radius 1 is 1.35 bits per heavy atom. The zero-order valence-electron chi connectivity index (χ0n) is 18.0. The van der Waals surface area contributed by atoms with Gasteiger partial charge in [0.25, 0.3) is 5.56 Å². The molecule has 1 atom stereocenters. The molecule has 2 aromatic heterocycles. The lowest BCUT2D eigenvalue weighted by Crippen LogP contribution is -2.30. The molecule has 1 fully saturated rings. The molecule has 1 saturated heterocycles. The first-order valence-corrected chi connectivity index (χ1v) is 11.9. The Hall–Kier alpha value is -2.64. The summed E-state index contributed by atoms with van der Waals surface area (Å²) in [6.07, 6.45) is 9.06. The standard InChI is InChI=1S/C24H28N4O2S/c1-4-17-11-20(26-14-21(17)31-3)23-27-22-15(2)10-18(12-19(22)24(29)28-23)30-9-7-16-6-5-8-25-13-16/h4,10-12,14,16,25H,1,5-9,13H2,2-3H3,(H,27,28,29). The van der Waals surface area contributed by atoms with Crippen molar-refractivity contribution in [2.24, 2.45) is 5.92 Å². The SMILES string of the molecule is C=Cc1cc(-c2nc3c(C)cc(OCCC4CCCNC4)cc3c(=O)[nH]2)ncc1SC. The lowest BCUT2D eigenvalue weighted by atomic mass is 9.97. The first-order valence-electron chi connectivity index (χ1n) is 10.6. The third-order valence-corrected chi connectivity index (χ3v) is 6.53. The molecule has 0 aliphatic carbocycles. The molecule has 31 heavy (non-hydrogen) atoms. The van der Waals surface area contributed by atoms with Gasteiger partial charge in [0, 0.05) is 11.1 Å². The molecule has 0 amide bonds. The van der Waals surface area contributed by atoms with E-state index in [2.05, 4.69) is 21.9 Å². The van der Waals surface area contributed by atoms with Crippen molar-refractivity contribution in [2.45, 2.75) is 31.1 Å². The number of ether oxygens (including phenoxy) is 1. The summed E-state index contributed by atoms with van der Waals surface area (Å²) < 4.78 is 5.99. The van der Waals surface area contributed by atoms with Crippen LogP contribution in [-0.4, -0.2) is 40.9 Å². The predicted octanol–water partition coefficient (Wildman–Crippen LogP) is 4.43. The molecule has 2 N–H and O–H groups in total. The smallest absolute Gasteiger partial charge is 0.259 e. The van der Waals surface area contributed by atoms with E-state index in [9.17, 15) is 4.79 Å². The maximum Gasteiger partial charge on any atom is 0.259 e. The van der Waals surface area contributed by atoms with Gasteiger partial charge in [0.15, 0.2) is 5.82 Å². The molecule has 0 spiro atoms. The minimum atomic E-state index is -0.194. The van der Waals surface area contributed by atoms with Crippen LogP contribution in [0, 0.1) is 12.8 Å². The molecule has 7 heteroatoms. The monoisotopic (exact) mass is 436 g/mol. The number of hydrogen-bond donors (Lipinski definition) is 2. The van der Waals surface area contributed by atoms with Crippen LogP contribution >= 0.6 is 11.8 Å².